The minimum atomic E-state index is -0.448. The maximum absolute atomic E-state index is 12.3. The second-order valence-corrected chi connectivity index (χ2v) is 4.97. The van der Waals surface area contributed by atoms with E-state index in [4.69, 9.17) is 0 Å². The third-order valence-electron chi connectivity index (χ3n) is 3.75. The summed E-state index contributed by atoms with van der Waals surface area (Å²) in [6.45, 7) is 0. The van der Waals surface area contributed by atoms with Crippen molar-refractivity contribution >= 4 is 11.5 Å². The summed E-state index contributed by atoms with van der Waals surface area (Å²) >= 11 is 0. The van der Waals surface area contributed by atoms with Crippen LogP contribution in [0, 0.1) is 10.1 Å². The van der Waals surface area contributed by atoms with Crippen LogP contribution in [-0.4, -0.2) is 20.5 Å². The Balaban J connectivity index is 1.89. The number of hydrogen-bond acceptors (Lipinski definition) is 4. The van der Waals surface area contributed by atoms with Gasteiger partial charge in [0, 0.05) is 23.3 Å². The molecule has 1 aromatic heterocycles. The molecule has 6 nitrogen and oxygen atoms in total. The van der Waals surface area contributed by atoms with Crippen molar-refractivity contribution in [3.8, 4) is 16.9 Å². The van der Waals surface area contributed by atoms with Gasteiger partial charge in [0.25, 0.3) is 5.69 Å². The molecule has 0 unspecified atom stereocenters. The number of rotatable bonds is 2. The van der Waals surface area contributed by atoms with Crippen molar-refractivity contribution in [3.63, 3.8) is 0 Å². The van der Waals surface area contributed by atoms with E-state index in [1.807, 2.05) is 18.2 Å². The molecule has 0 saturated carbocycles. The molecule has 0 fully saturated rings. The predicted molar refractivity (Wildman–Crippen MR) is 79.1 cm³/mol. The van der Waals surface area contributed by atoms with Crippen molar-refractivity contribution in [1.29, 1.82) is 0 Å². The van der Waals surface area contributed by atoms with Crippen molar-refractivity contribution < 1.29 is 9.72 Å². The molecule has 2 aromatic carbocycles. The molecule has 1 aliphatic rings. The van der Waals surface area contributed by atoms with Gasteiger partial charge >= 0.3 is 0 Å². The molecule has 1 heterocycles. The van der Waals surface area contributed by atoms with Gasteiger partial charge in [0.2, 0.25) is 0 Å². The highest BCUT2D eigenvalue weighted by Gasteiger charge is 2.30. The monoisotopic (exact) mass is 291 g/mol. The molecule has 0 atom stereocenters. The number of benzene rings is 2. The van der Waals surface area contributed by atoms with Gasteiger partial charge in [-0.2, -0.15) is 5.10 Å². The lowest BCUT2D eigenvalue weighted by atomic mass is 10.1. The van der Waals surface area contributed by atoms with Crippen LogP contribution in [0.2, 0.25) is 0 Å². The first kappa shape index (κ1) is 12.5. The SMILES string of the molecule is O=C1c2ccccc2-c2c1cnn2-c1ccc([N+](=O)[O-])cc1. The lowest BCUT2D eigenvalue weighted by molar-refractivity contribution is -0.384. The number of nitro benzene ring substituents is 1. The molecule has 0 bridgehead atoms. The molecule has 0 saturated heterocycles. The van der Waals surface area contributed by atoms with E-state index in [0.717, 1.165) is 11.3 Å². The van der Waals surface area contributed by atoms with Gasteiger partial charge in [-0.3, -0.25) is 14.9 Å². The smallest absolute Gasteiger partial charge is 0.269 e. The number of carbonyl (C=O) groups excluding carboxylic acids is 1. The summed E-state index contributed by atoms with van der Waals surface area (Å²) in [4.78, 5) is 22.6. The van der Waals surface area contributed by atoms with Gasteiger partial charge in [-0.25, -0.2) is 4.68 Å². The van der Waals surface area contributed by atoms with Crippen LogP contribution in [0.5, 0.6) is 0 Å². The molecule has 0 amide bonds. The molecule has 0 aliphatic heterocycles. The Morgan fingerprint density at radius 2 is 1.64 bits per heavy atom. The minimum Gasteiger partial charge on any atom is -0.288 e. The Morgan fingerprint density at radius 3 is 2.32 bits per heavy atom. The van der Waals surface area contributed by atoms with Gasteiger partial charge in [0.05, 0.1) is 28.1 Å². The molecule has 1 aliphatic carbocycles. The average molecular weight is 291 g/mol. The Morgan fingerprint density at radius 1 is 0.955 bits per heavy atom. The van der Waals surface area contributed by atoms with E-state index >= 15 is 0 Å². The molecule has 0 N–H and O–H groups in total. The van der Waals surface area contributed by atoms with Gasteiger partial charge in [-0.1, -0.05) is 24.3 Å². The summed E-state index contributed by atoms with van der Waals surface area (Å²) in [6.07, 6.45) is 1.54. The highest BCUT2D eigenvalue weighted by atomic mass is 16.6. The van der Waals surface area contributed by atoms with E-state index in [1.54, 1.807) is 29.1 Å². The van der Waals surface area contributed by atoms with E-state index in [1.165, 1.54) is 12.1 Å². The third kappa shape index (κ3) is 1.61. The normalized spacial score (nSPS) is 12.1. The van der Waals surface area contributed by atoms with Gasteiger partial charge in [-0.05, 0) is 12.1 Å². The fourth-order valence-electron chi connectivity index (χ4n) is 2.72. The number of aromatic nitrogens is 2. The van der Waals surface area contributed by atoms with E-state index in [-0.39, 0.29) is 11.5 Å². The van der Waals surface area contributed by atoms with Gasteiger partial charge in [0.1, 0.15) is 0 Å². The molecule has 106 valence electrons. The molecule has 0 spiro atoms. The van der Waals surface area contributed by atoms with Crippen LogP contribution < -0.4 is 0 Å². The lowest BCUT2D eigenvalue weighted by Crippen LogP contribution is -1.99. The lowest BCUT2D eigenvalue weighted by Gasteiger charge is -2.06. The molecular weight excluding hydrogens is 282 g/mol. The summed E-state index contributed by atoms with van der Waals surface area (Å²) in [7, 11) is 0. The van der Waals surface area contributed by atoms with Crippen molar-refractivity contribution in [2.45, 2.75) is 0 Å². The number of carbonyl (C=O) groups is 1. The number of nitrogens with zero attached hydrogens (tertiary/aromatic N) is 3. The van der Waals surface area contributed by atoms with Crippen LogP contribution in [0.4, 0.5) is 5.69 Å². The van der Waals surface area contributed by atoms with Crippen LogP contribution in [0.3, 0.4) is 0 Å². The number of nitro groups is 1. The molecule has 22 heavy (non-hydrogen) atoms. The third-order valence-corrected chi connectivity index (χ3v) is 3.75. The molecule has 4 rings (SSSR count). The van der Waals surface area contributed by atoms with Crippen molar-refractivity contribution in [3.05, 3.63) is 76.0 Å². The Labute approximate surface area is 124 Å². The largest absolute Gasteiger partial charge is 0.288 e. The zero-order valence-corrected chi connectivity index (χ0v) is 11.3. The number of hydrogen-bond donors (Lipinski definition) is 0. The van der Waals surface area contributed by atoms with Crippen LogP contribution in [0.1, 0.15) is 15.9 Å². The first-order chi connectivity index (χ1) is 10.7. The number of ketones is 1. The average Bonchev–Trinajstić information content (AvgIpc) is 3.09. The van der Waals surface area contributed by atoms with E-state index in [0.29, 0.717) is 16.8 Å². The molecule has 3 aromatic rings. The standard InChI is InChI=1S/C16H9N3O3/c20-16-13-4-2-1-3-12(13)15-14(16)9-17-18(15)10-5-7-11(8-6-10)19(21)22/h1-9H. The maximum Gasteiger partial charge on any atom is 0.269 e. The van der Waals surface area contributed by atoms with Crippen LogP contribution in [0.25, 0.3) is 16.9 Å². The van der Waals surface area contributed by atoms with E-state index < -0.39 is 4.92 Å². The summed E-state index contributed by atoms with van der Waals surface area (Å²) in [5.74, 6) is -0.0428. The van der Waals surface area contributed by atoms with Crippen molar-refractivity contribution in [2.24, 2.45) is 0 Å². The Hall–Kier alpha value is -3.28. The molecular formula is C16H9N3O3. The van der Waals surface area contributed by atoms with Gasteiger partial charge < -0.3 is 0 Å². The molecule has 6 heteroatoms. The maximum atomic E-state index is 12.3. The van der Waals surface area contributed by atoms with Gasteiger partial charge in [-0.15, -0.1) is 0 Å². The Kier molecular flexibility index (Phi) is 2.47. The van der Waals surface area contributed by atoms with E-state index in [9.17, 15) is 14.9 Å². The topological polar surface area (TPSA) is 78.0 Å². The zero-order valence-electron chi connectivity index (χ0n) is 11.3. The van der Waals surface area contributed by atoms with Crippen LogP contribution in [-0.2, 0) is 0 Å². The van der Waals surface area contributed by atoms with Crippen LogP contribution >= 0.6 is 0 Å². The van der Waals surface area contributed by atoms with Crippen molar-refractivity contribution in [1.82, 2.24) is 9.78 Å². The summed E-state index contributed by atoms with van der Waals surface area (Å²) in [5.41, 5.74) is 3.47. The highest BCUT2D eigenvalue weighted by molar-refractivity contribution is 6.21. The van der Waals surface area contributed by atoms with Crippen LogP contribution in [0.15, 0.2) is 54.7 Å². The summed E-state index contributed by atoms with van der Waals surface area (Å²) < 4.78 is 1.64. The van der Waals surface area contributed by atoms with E-state index in [2.05, 4.69) is 5.10 Å². The fourth-order valence-corrected chi connectivity index (χ4v) is 2.72. The first-order valence-corrected chi connectivity index (χ1v) is 6.64. The fraction of sp³-hybridized carbons (Fsp3) is 0. The summed E-state index contributed by atoms with van der Waals surface area (Å²) in [5, 5.41) is 15.0. The highest BCUT2D eigenvalue weighted by Crippen LogP contribution is 2.37. The Bertz CT molecular complexity index is 926. The van der Waals surface area contributed by atoms with Gasteiger partial charge in [0.15, 0.2) is 5.78 Å². The van der Waals surface area contributed by atoms with Crippen molar-refractivity contribution in [2.75, 3.05) is 0 Å². The first-order valence-electron chi connectivity index (χ1n) is 6.64. The minimum absolute atomic E-state index is 0.0176. The molecule has 0 radical (unpaired) electrons. The second kappa shape index (κ2) is 4.36. The summed E-state index contributed by atoms with van der Waals surface area (Å²) in [6, 6.07) is 13.5. The predicted octanol–water partition coefficient (Wildman–Crippen LogP) is 2.99. The second-order valence-electron chi connectivity index (χ2n) is 4.97. The zero-order chi connectivity index (χ0) is 15.3. The number of non-ortho nitro benzene ring substituents is 1. The number of fused-ring (bicyclic) bond motifs is 3. The quantitative estimate of drug-likeness (QED) is 0.420.